The summed E-state index contributed by atoms with van der Waals surface area (Å²) in [6.45, 7) is 5.75. The fourth-order valence-electron chi connectivity index (χ4n) is 2.47. The zero-order chi connectivity index (χ0) is 20.0. The van der Waals surface area contributed by atoms with Gasteiger partial charge in [-0.2, -0.15) is 0 Å². The van der Waals surface area contributed by atoms with E-state index < -0.39 is 17.7 Å². The zero-order valence-corrected chi connectivity index (χ0v) is 16.0. The van der Waals surface area contributed by atoms with Crippen LogP contribution < -0.4 is 5.32 Å². The Morgan fingerprint density at radius 3 is 2.22 bits per heavy atom. The lowest BCUT2D eigenvalue weighted by Gasteiger charge is -2.26. The molecule has 144 valence electrons. The highest BCUT2D eigenvalue weighted by molar-refractivity contribution is 5.84. The van der Waals surface area contributed by atoms with Crippen molar-refractivity contribution in [3.05, 3.63) is 71.5 Å². The molecule has 2 aromatic rings. The first-order valence-electron chi connectivity index (χ1n) is 8.69. The number of halogens is 1. The predicted molar refractivity (Wildman–Crippen MR) is 101 cm³/mol. The SMILES string of the molecule is CN(Cc1ccc(F)cc1)C(=O)[C@@H](OC(=O)NC(C)(C)C)c1ccccc1. The number of carbonyl (C=O) groups excluding carboxylic acids is 2. The third-order valence-electron chi connectivity index (χ3n) is 3.74. The number of ether oxygens (including phenoxy) is 1. The van der Waals surface area contributed by atoms with Crippen LogP contribution in [-0.2, 0) is 16.1 Å². The number of hydrogen-bond donors (Lipinski definition) is 1. The van der Waals surface area contributed by atoms with Crippen LogP contribution in [0.2, 0.25) is 0 Å². The van der Waals surface area contributed by atoms with Crippen LogP contribution in [0.15, 0.2) is 54.6 Å². The first kappa shape index (κ1) is 20.4. The lowest BCUT2D eigenvalue weighted by molar-refractivity contribution is -0.140. The van der Waals surface area contributed by atoms with E-state index in [1.165, 1.54) is 17.0 Å². The van der Waals surface area contributed by atoms with Gasteiger partial charge in [0.2, 0.25) is 6.10 Å². The van der Waals surface area contributed by atoms with Gasteiger partial charge in [0.15, 0.2) is 0 Å². The Morgan fingerprint density at radius 2 is 1.67 bits per heavy atom. The molecule has 0 saturated heterocycles. The van der Waals surface area contributed by atoms with E-state index in [0.717, 1.165) is 5.56 Å². The van der Waals surface area contributed by atoms with E-state index in [-0.39, 0.29) is 18.3 Å². The third kappa shape index (κ3) is 6.40. The molecule has 0 unspecified atom stereocenters. The summed E-state index contributed by atoms with van der Waals surface area (Å²) in [5, 5.41) is 2.70. The maximum absolute atomic E-state index is 13.1. The van der Waals surface area contributed by atoms with Gasteiger partial charge in [0.1, 0.15) is 5.82 Å². The minimum Gasteiger partial charge on any atom is -0.431 e. The number of alkyl carbamates (subject to hydrolysis) is 1. The quantitative estimate of drug-likeness (QED) is 0.861. The highest BCUT2D eigenvalue weighted by atomic mass is 19.1. The van der Waals surface area contributed by atoms with Gasteiger partial charge in [-0.3, -0.25) is 4.79 Å². The van der Waals surface area contributed by atoms with Crippen molar-refractivity contribution < 1.29 is 18.7 Å². The maximum Gasteiger partial charge on any atom is 0.408 e. The Morgan fingerprint density at radius 1 is 1.07 bits per heavy atom. The fraction of sp³-hybridized carbons (Fsp3) is 0.333. The van der Waals surface area contributed by atoms with Crippen molar-refractivity contribution >= 4 is 12.0 Å². The fourth-order valence-corrected chi connectivity index (χ4v) is 2.47. The minimum atomic E-state index is -1.07. The molecule has 0 aromatic heterocycles. The van der Waals surface area contributed by atoms with Crippen molar-refractivity contribution in [2.75, 3.05) is 7.05 Å². The smallest absolute Gasteiger partial charge is 0.408 e. The normalized spacial score (nSPS) is 12.2. The second-order valence-electron chi connectivity index (χ2n) is 7.39. The van der Waals surface area contributed by atoms with Gasteiger partial charge in [-0.15, -0.1) is 0 Å². The molecule has 0 fully saturated rings. The number of benzene rings is 2. The first-order chi connectivity index (χ1) is 12.7. The second kappa shape index (κ2) is 8.66. The molecule has 0 heterocycles. The molecule has 0 spiro atoms. The lowest BCUT2D eigenvalue weighted by atomic mass is 10.1. The van der Waals surface area contributed by atoms with Crippen LogP contribution in [0.3, 0.4) is 0 Å². The summed E-state index contributed by atoms with van der Waals surface area (Å²) in [7, 11) is 1.62. The standard InChI is InChI=1S/C21H25FN2O3/c1-21(2,3)23-20(26)27-18(16-8-6-5-7-9-16)19(25)24(4)14-15-10-12-17(22)13-11-15/h5-13,18H,14H2,1-4H3,(H,23,26)/t18-/m0/s1. The lowest BCUT2D eigenvalue weighted by Crippen LogP contribution is -2.43. The molecule has 0 aliphatic rings. The number of hydrogen-bond acceptors (Lipinski definition) is 3. The minimum absolute atomic E-state index is 0.271. The average Bonchev–Trinajstić information content (AvgIpc) is 2.60. The highest BCUT2D eigenvalue weighted by Gasteiger charge is 2.29. The number of amides is 2. The van der Waals surface area contributed by atoms with E-state index >= 15 is 0 Å². The molecule has 5 nitrogen and oxygen atoms in total. The molecule has 2 amide bonds. The monoisotopic (exact) mass is 372 g/mol. The van der Waals surface area contributed by atoms with Gasteiger partial charge in [0, 0.05) is 24.7 Å². The molecule has 0 bridgehead atoms. The third-order valence-corrected chi connectivity index (χ3v) is 3.74. The number of rotatable bonds is 5. The molecular weight excluding hydrogens is 347 g/mol. The number of nitrogens with zero attached hydrogens (tertiary/aromatic N) is 1. The Hall–Kier alpha value is -2.89. The van der Waals surface area contributed by atoms with Crippen LogP contribution in [0.4, 0.5) is 9.18 Å². The van der Waals surface area contributed by atoms with Crippen LogP contribution in [0.1, 0.15) is 38.0 Å². The van der Waals surface area contributed by atoms with Crippen LogP contribution in [0, 0.1) is 5.82 Å². The molecule has 27 heavy (non-hydrogen) atoms. The Bertz CT molecular complexity index is 770. The molecule has 1 atom stereocenters. The van der Waals surface area contributed by atoms with Crippen LogP contribution in [0.5, 0.6) is 0 Å². The van der Waals surface area contributed by atoms with Crippen LogP contribution in [-0.4, -0.2) is 29.5 Å². The molecule has 2 rings (SSSR count). The first-order valence-corrected chi connectivity index (χ1v) is 8.69. The van der Waals surface area contributed by atoms with Gasteiger partial charge in [-0.05, 0) is 38.5 Å². The second-order valence-corrected chi connectivity index (χ2v) is 7.39. The summed E-state index contributed by atoms with van der Waals surface area (Å²) in [6, 6.07) is 14.8. The molecule has 6 heteroatoms. The predicted octanol–water partition coefficient (Wildman–Crippen LogP) is 4.05. The van der Waals surface area contributed by atoms with Gasteiger partial charge in [-0.25, -0.2) is 9.18 Å². The zero-order valence-electron chi connectivity index (χ0n) is 16.0. The van der Waals surface area contributed by atoms with E-state index in [0.29, 0.717) is 5.56 Å². The molecule has 0 radical (unpaired) electrons. The largest absolute Gasteiger partial charge is 0.431 e. The molecular formula is C21H25FN2O3. The summed E-state index contributed by atoms with van der Waals surface area (Å²) in [5.41, 5.74) is 0.872. The topological polar surface area (TPSA) is 58.6 Å². The van der Waals surface area contributed by atoms with Crippen molar-refractivity contribution in [3.8, 4) is 0 Å². The van der Waals surface area contributed by atoms with E-state index in [9.17, 15) is 14.0 Å². The van der Waals surface area contributed by atoms with Gasteiger partial charge in [0.05, 0.1) is 0 Å². The molecule has 0 saturated carbocycles. The summed E-state index contributed by atoms with van der Waals surface area (Å²) < 4.78 is 18.5. The van der Waals surface area contributed by atoms with Crippen molar-refractivity contribution in [2.24, 2.45) is 0 Å². The van der Waals surface area contributed by atoms with Crippen molar-refractivity contribution in [1.29, 1.82) is 0 Å². The van der Waals surface area contributed by atoms with E-state index in [1.54, 1.807) is 43.4 Å². The van der Waals surface area contributed by atoms with E-state index in [4.69, 9.17) is 4.74 Å². The van der Waals surface area contributed by atoms with Crippen LogP contribution in [0.25, 0.3) is 0 Å². The van der Waals surface area contributed by atoms with Crippen LogP contribution >= 0.6 is 0 Å². The number of likely N-dealkylation sites (N-methyl/N-ethyl adjacent to an activating group) is 1. The average molecular weight is 372 g/mol. The maximum atomic E-state index is 13.1. The van der Waals surface area contributed by atoms with Gasteiger partial charge < -0.3 is 15.0 Å². The van der Waals surface area contributed by atoms with E-state index in [2.05, 4.69) is 5.32 Å². The number of nitrogens with one attached hydrogen (secondary N) is 1. The highest BCUT2D eigenvalue weighted by Crippen LogP contribution is 2.21. The molecule has 0 aliphatic heterocycles. The number of carbonyl (C=O) groups is 2. The summed E-state index contributed by atoms with van der Waals surface area (Å²) in [4.78, 5) is 26.6. The van der Waals surface area contributed by atoms with Gasteiger partial charge >= 0.3 is 6.09 Å². The summed E-state index contributed by atoms with van der Waals surface area (Å²) in [5.74, 6) is -0.702. The van der Waals surface area contributed by atoms with Gasteiger partial charge in [-0.1, -0.05) is 42.5 Å². The molecule has 1 N–H and O–H groups in total. The summed E-state index contributed by atoms with van der Waals surface area (Å²) in [6.07, 6.45) is -1.74. The van der Waals surface area contributed by atoms with Crippen molar-refractivity contribution in [1.82, 2.24) is 10.2 Å². The van der Waals surface area contributed by atoms with Gasteiger partial charge in [0.25, 0.3) is 5.91 Å². The Balaban J connectivity index is 2.17. The summed E-state index contributed by atoms with van der Waals surface area (Å²) >= 11 is 0. The van der Waals surface area contributed by atoms with Crippen molar-refractivity contribution in [3.63, 3.8) is 0 Å². The molecule has 0 aliphatic carbocycles. The van der Waals surface area contributed by atoms with E-state index in [1.807, 2.05) is 26.8 Å². The Kier molecular flexibility index (Phi) is 6.55. The molecule has 2 aromatic carbocycles. The Labute approximate surface area is 159 Å². The van der Waals surface area contributed by atoms with Crippen molar-refractivity contribution in [2.45, 2.75) is 39.0 Å².